The van der Waals surface area contributed by atoms with E-state index < -0.39 is 16.0 Å². The summed E-state index contributed by atoms with van der Waals surface area (Å²) >= 11 is 5.78. The number of rotatable bonds is 6. The first-order valence-corrected chi connectivity index (χ1v) is 7.70. The van der Waals surface area contributed by atoms with E-state index in [1.165, 1.54) is 0 Å². The summed E-state index contributed by atoms with van der Waals surface area (Å²) in [5.74, 6) is 0.224. The molecule has 1 rings (SSSR count). The first-order chi connectivity index (χ1) is 8.54. The number of hydrogen-bond acceptors (Lipinski definition) is 2. The Balaban J connectivity index is 2.54. The fourth-order valence-electron chi connectivity index (χ4n) is 1.38. The molecule has 100 valence electrons. The minimum absolute atomic E-state index is 0.149. The minimum Gasteiger partial charge on any atom is -0.355 e. The number of halogens is 1. The van der Waals surface area contributed by atoms with E-state index in [-0.39, 0.29) is 5.91 Å². The van der Waals surface area contributed by atoms with Gasteiger partial charge < -0.3 is 5.32 Å². The Bertz CT molecular complexity index is 420. The van der Waals surface area contributed by atoms with Crippen molar-refractivity contribution in [2.75, 3.05) is 6.54 Å². The Morgan fingerprint density at radius 3 is 2.56 bits per heavy atom. The van der Waals surface area contributed by atoms with Gasteiger partial charge in [0.2, 0.25) is 5.91 Å². The van der Waals surface area contributed by atoms with E-state index in [0.717, 1.165) is 12.0 Å². The van der Waals surface area contributed by atoms with Crippen molar-refractivity contribution in [3.8, 4) is 0 Å². The summed E-state index contributed by atoms with van der Waals surface area (Å²) in [7, 11) is -1.21. The molecule has 2 atom stereocenters. The van der Waals surface area contributed by atoms with Crippen LogP contribution >= 0.6 is 11.6 Å². The van der Waals surface area contributed by atoms with Gasteiger partial charge >= 0.3 is 0 Å². The quantitative estimate of drug-likeness (QED) is 0.874. The maximum atomic E-state index is 12.0. The molecule has 2 unspecified atom stereocenters. The molecule has 0 saturated heterocycles. The van der Waals surface area contributed by atoms with E-state index in [1.807, 2.05) is 19.1 Å². The topological polar surface area (TPSA) is 46.2 Å². The lowest BCUT2D eigenvalue weighted by atomic mass is 10.2. The predicted molar refractivity (Wildman–Crippen MR) is 76.1 cm³/mol. The molecule has 1 amide bonds. The third-order valence-corrected chi connectivity index (χ3v) is 4.41. The van der Waals surface area contributed by atoms with E-state index in [9.17, 15) is 9.00 Å². The molecule has 0 aliphatic rings. The maximum Gasteiger partial charge on any atom is 0.235 e. The van der Waals surface area contributed by atoms with Gasteiger partial charge in [-0.1, -0.05) is 30.7 Å². The Morgan fingerprint density at radius 1 is 1.39 bits per heavy atom. The second-order valence-corrected chi connectivity index (χ2v) is 6.28. The summed E-state index contributed by atoms with van der Waals surface area (Å²) in [6, 6.07) is 7.18. The van der Waals surface area contributed by atoms with Crippen molar-refractivity contribution in [1.29, 1.82) is 0 Å². The van der Waals surface area contributed by atoms with E-state index in [1.54, 1.807) is 19.1 Å². The maximum absolute atomic E-state index is 12.0. The van der Waals surface area contributed by atoms with Crippen LogP contribution in [0.2, 0.25) is 5.02 Å². The lowest BCUT2D eigenvalue weighted by Crippen LogP contribution is -2.36. The van der Waals surface area contributed by atoms with Crippen molar-refractivity contribution in [2.45, 2.75) is 31.3 Å². The molecular weight excluding hydrogens is 270 g/mol. The zero-order valence-electron chi connectivity index (χ0n) is 10.6. The smallest absolute Gasteiger partial charge is 0.235 e. The summed E-state index contributed by atoms with van der Waals surface area (Å²) in [5.41, 5.74) is 0.924. The normalized spacial score (nSPS) is 13.9. The molecule has 0 saturated carbocycles. The summed E-state index contributed by atoms with van der Waals surface area (Å²) in [4.78, 5) is 11.7. The molecule has 0 aliphatic heterocycles. The fourth-order valence-corrected chi connectivity index (χ4v) is 2.60. The molecule has 1 N–H and O–H groups in total. The molecule has 1 aromatic carbocycles. The monoisotopic (exact) mass is 287 g/mol. The van der Waals surface area contributed by atoms with Gasteiger partial charge in [-0.15, -0.1) is 0 Å². The number of carbonyl (C=O) groups is 1. The van der Waals surface area contributed by atoms with Crippen molar-refractivity contribution >= 4 is 28.3 Å². The molecule has 0 spiro atoms. The summed E-state index contributed by atoms with van der Waals surface area (Å²) in [5, 5.41) is 2.91. The third-order valence-electron chi connectivity index (χ3n) is 2.53. The zero-order chi connectivity index (χ0) is 13.5. The molecule has 1 aromatic rings. The second-order valence-electron chi connectivity index (χ2n) is 4.08. The molecule has 0 aromatic heterocycles. The fraction of sp³-hybridized carbons (Fsp3) is 0.462. The summed E-state index contributed by atoms with van der Waals surface area (Å²) in [6.07, 6.45) is 0.877. The summed E-state index contributed by atoms with van der Waals surface area (Å²) in [6.45, 7) is 4.30. The highest BCUT2D eigenvalue weighted by atomic mass is 35.5. The number of carbonyl (C=O) groups excluding carboxylic acids is 1. The standard InChI is InChI=1S/C13H18ClNO2S/c1-3-8-15-13(16)10(2)18(17)9-11-4-6-12(14)7-5-11/h4-7,10H,3,8-9H2,1-2H3,(H,15,16). The van der Waals surface area contributed by atoms with E-state index in [0.29, 0.717) is 17.3 Å². The number of amides is 1. The first kappa shape index (κ1) is 15.2. The lowest BCUT2D eigenvalue weighted by molar-refractivity contribution is -0.120. The second kappa shape index (κ2) is 7.54. The molecule has 0 aliphatic carbocycles. The highest BCUT2D eigenvalue weighted by molar-refractivity contribution is 7.85. The zero-order valence-corrected chi connectivity index (χ0v) is 12.2. The minimum atomic E-state index is -1.21. The van der Waals surface area contributed by atoms with E-state index >= 15 is 0 Å². The Hall–Kier alpha value is -0.870. The molecule has 0 heterocycles. The van der Waals surface area contributed by atoms with Gasteiger partial charge in [-0.3, -0.25) is 9.00 Å². The predicted octanol–water partition coefficient (Wildman–Crippen LogP) is 2.50. The van der Waals surface area contributed by atoms with Crippen LogP contribution in [0.5, 0.6) is 0 Å². The van der Waals surface area contributed by atoms with E-state index in [4.69, 9.17) is 11.6 Å². The van der Waals surface area contributed by atoms with Gasteiger partial charge in [-0.2, -0.15) is 0 Å². The van der Waals surface area contributed by atoms with Gasteiger partial charge in [-0.05, 0) is 31.0 Å². The molecule has 0 radical (unpaired) electrons. The number of nitrogens with one attached hydrogen (secondary N) is 1. The lowest BCUT2D eigenvalue weighted by Gasteiger charge is -2.11. The van der Waals surface area contributed by atoms with Crippen LogP contribution in [0.1, 0.15) is 25.8 Å². The van der Waals surface area contributed by atoms with Crippen LogP contribution < -0.4 is 5.32 Å². The van der Waals surface area contributed by atoms with Crippen LogP contribution in [0.15, 0.2) is 24.3 Å². The van der Waals surface area contributed by atoms with Gasteiger partial charge in [0.15, 0.2) is 0 Å². The van der Waals surface area contributed by atoms with Gasteiger partial charge in [0.1, 0.15) is 5.25 Å². The van der Waals surface area contributed by atoms with Gasteiger partial charge in [0.05, 0.1) is 0 Å². The van der Waals surface area contributed by atoms with Crippen molar-refractivity contribution in [1.82, 2.24) is 5.32 Å². The van der Waals surface area contributed by atoms with Crippen molar-refractivity contribution in [3.63, 3.8) is 0 Å². The van der Waals surface area contributed by atoms with E-state index in [2.05, 4.69) is 5.32 Å². The summed E-state index contributed by atoms with van der Waals surface area (Å²) < 4.78 is 12.0. The average molecular weight is 288 g/mol. The van der Waals surface area contributed by atoms with Crippen LogP contribution in [0.3, 0.4) is 0 Å². The SMILES string of the molecule is CCCNC(=O)C(C)S(=O)Cc1ccc(Cl)cc1. The van der Waals surface area contributed by atoms with Crippen LogP contribution in [-0.2, 0) is 21.3 Å². The van der Waals surface area contributed by atoms with Crippen LogP contribution in [-0.4, -0.2) is 21.9 Å². The highest BCUT2D eigenvalue weighted by Crippen LogP contribution is 2.12. The Labute approximate surface area is 115 Å². The van der Waals surface area contributed by atoms with Crippen LogP contribution in [0.4, 0.5) is 0 Å². The van der Waals surface area contributed by atoms with Gasteiger partial charge in [0, 0.05) is 28.1 Å². The molecular formula is C13H18ClNO2S. The van der Waals surface area contributed by atoms with Crippen molar-refractivity contribution in [2.24, 2.45) is 0 Å². The molecule has 0 bridgehead atoms. The van der Waals surface area contributed by atoms with Crippen LogP contribution in [0.25, 0.3) is 0 Å². The van der Waals surface area contributed by atoms with Gasteiger partial charge in [0.25, 0.3) is 0 Å². The number of hydrogen-bond donors (Lipinski definition) is 1. The van der Waals surface area contributed by atoms with Gasteiger partial charge in [-0.25, -0.2) is 0 Å². The van der Waals surface area contributed by atoms with Crippen LogP contribution in [0, 0.1) is 0 Å². The molecule has 18 heavy (non-hydrogen) atoms. The largest absolute Gasteiger partial charge is 0.355 e. The average Bonchev–Trinajstić information content (AvgIpc) is 2.37. The first-order valence-electron chi connectivity index (χ1n) is 5.94. The Morgan fingerprint density at radius 2 is 2.00 bits per heavy atom. The third kappa shape index (κ3) is 4.78. The Kier molecular flexibility index (Phi) is 6.36. The number of benzene rings is 1. The van der Waals surface area contributed by atoms with Crippen molar-refractivity contribution < 1.29 is 9.00 Å². The molecule has 0 fully saturated rings. The molecule has 3 nitrogen and oxygen atoms in total. The van der Waals surface area contributed by atoms with Crippen molar-refractivity contribution in [3.05, 3.63) is 34.9 Å². The molecule has 5 heteroatoms. The highest BCUT2D eigenvalue weighted by Gasteiger charge is 2.19.